The molecule has 0 spiro atoms. The molecule has 1 atom stereocenters. The highest BCUT2D eigenvalue weighted by atomic mass is 35.5. The van der Waals surface area contributed by atoms with Gasteiger partial charge in [0.15, 0.2) is 0 Å². The Hall–Kier alpha value is -0.530. The Labute approximate surface area is 83.7 Å². The number of hydrogen-bond donors (Lipinski definition) is 0. The highest BCUT2D eigenvalue weighted by Gasteiger charge is 2.40. The van der Waals surface area contributed by atoms with E-state index in [-0.39, 0.29) is 11.5 Å². The third-order valence-corrected chi connectivity index (χ3v) is 2.76. The quantitative estimate of drug-likeness (QED) is 0.669. The first-order chi connectivity index (χ1) is 6.09. The minimum absolute atomic E-state index is 0.241. The average molecular weight is 197 g/mol. The van der Waals surface area contributed by atoms with Gasteiger partial charge in [0.05, 0.1) is 12.7 Å². The normalized spacial score (nSPS) is 25.3. The zero-order valence-corrected chi connectivity index (χ0v) is 8.64. The van der Waals surface area contributed by atoms with E-state index >= 15 is 0 Å². The summed E-state index contributed by atoms with van der Waals surface area (Å²) in [5, 5.41) is 0.779. The minimum atomic E-state index is 0.241. The number of benzene rings is 1. The van der Waals surface area contributed by atoms with Crippen LogP contribution in [0.4, 0.5) is 0 Å². The molecule has 0 amide bonds. The maximum atomic E-state index is 5.81. The molecule has 70 valence electrons. The second-order valence-corrected chi connectivity index (χ2v) is 4.67. The molecule has 1 aromatic carbocycles. The lowest BCUT2D eigenvalue weighted by atomic mass is 9.79. The van der Waals surface area contributed by atoms with Crippen molar-refractivity contribution in [3.05, 3.63) is 34.9 Å². The van der Waals surface area contributed by atoms with Crippen molar-refractivity contribution >= 4 is 11.6 Å². The van der Waals surface area contributed by atoms with Gasteiger partial charge in [-0.1, -0.05) is 37.6 Å². The van der Waals surface area contributed by atoms with E-state index in [0.29, 0.717) is 0 Å². The molecule has 0 N–H and O–H groups in total. The van der Waals surface area contributed by atoms with E-state index in [2.05, 4.69) is 13.8 Å². The van der Waals surface area contributed by atoms with Gasteiger partial charge >= 0.3 is 0 Å². The summed E-state index contributed by atoms with van der Waals surface area (Å²) >= 11 is 5.81. The third kappa shape index (κ3) is 1.59. The van der Waals surface area contributed by atoms with Crippen molar-refractivity contribution in [1.82, 2.24) is 0 Å². The Balaban J connectivity index is 2.22. The Morgan fingerprint density at radius 1 is 1.31 bits per heavy atom. The molecule has 0 radical (unpaired) electrons. The molecule has 13 heavy (non-hydrogen) atoms. The van der Waals surface area contributed by atoms with Crippen molar-refractivity contribution in [3.63, 3.8) is 0 Å². The molecule has 2 rings (SSSR count). The van der Waals surface area contributed by atoms with Crippen molar-refractivity contribution in [2.75, 3.05) is 6.61 Å². The number of rotatable bonds is 1. The first-order valence-electron chi connectivity index (χ1n) is 4.47. The summed E-state index contributed by atoms with van der Waals surface area (Å²) in [4.78, 5) is 0. The van der Waals surface area contributed by atoms with Crippen LogP contribution in [0.25, 0.3) is 0 Å². The molecule has 1 saturated heterocycles. The Morgan fingerprint density at radius 3 is 2.31 bits per heavy atom. The summed E-state index contributed by atoms with van der Waals surface area (Å²) in [5.41, 5.74) is 1.49. The molecule has 0 aliphatic carbocycles. The van der Waals surface area contributed by atoms with Crippen LogP contribution in [0.1, 0.15) is 25.5 Å². The summed E-state index contributed by atoms with van der Waals surface area (Å²) in [5.74, 6) is 0. The van der Waals surface area contributed by atoms with Gasteiger partial charge in [0, 0.05) is 10.4 Å². The van der Waals surface area contributed by atoms with Crippen molar-refractivity contribution < 1.29 is 4.74 Å². The summed E-state index contributed by atoms with van der Waals surface area (Å²) in [6.07, 6.45) is 0.241. The number of halogens is 1. The molecule has 1 fully saturated rings. The predicted octanol–water partition coefficient (Wildman–Crippen LogP) is 3.44. The van der Waals surface area contributed by atoms with E-state index in [4.69, 9.17) is 16.3 Å². The summed E-state index contributed by atoms with van der Waals surface area (Å²) < 4.78 is 5.53. The molecule has 0 aromatic heterocycles. The van der Waals surface area contributed by atoms with Crippen LogP contribution in [0.3, 0.4) is 0 Å². The fourth-order valence-corrected chi connectivity index (χ4v) is 1.81. The number of ether oxygens (including phenoxy) is 1. The lowest BCUT2D eigenvalue weighted by Gasteiger charge is -2.44. The van der Waals surface area contributed by atoms with Gasteiger partial charge in [-0.15, -0.1) is 0 Å². The number of hydrogen-bond acceptors (Lipinski definition) is 1. The van der Waals surface area contributed by atoms with Crippen LogP contribution in [0.5, 0.6) is 0 Å². The second-order valence-electron chi connectivity index (χ2n) is 4.23. The molecule has 0 bridgehead atoms. The van der Waals surface area contributed by atoms with Gasteiger partial charge in [0.1, 0.15) is 0 Å². The highest BCUT2D eigenvalue weighted by Crippen LogP contribution is 2.45. The van der Waals surface area contributed by atoms with Crippen LogP contribution in [0.2, 0.25) is 5.02 Å². The fourth-order valence-electron chi connectivity index (χ4n) is 1.68. The Morgan fingerprint density at radius 2 is 1.92 bits per heavy atom. The van der Waals surface area contributed by atoms with E-state index in [1.165, 1.54) is 5.56 Å². The van der Waals surface area contributed by atoms with Gasteiger partial charge in [0.25, 0.3) is 0 Å². The van der Waals surface area contributed by atoms with Gasteiger partial charge in [-0.2, -0.15) is 0 Å². The van der Waals surface area contributed by atoms with Crippen LogP contribution in [-0.4, -0.2) is 6.61 Å². The van der Waals surface area contributed by atoms with E-state index in [1.807, 2.05) is 24.3 Å². The predicted molar refractivity (Wildman–Crippen MR) is 53.9 cm³/mol. The Bertz CT molecular complexity index is 302. The molecule has 1 aliphatic rings. The Kier molecular flexibility index (Phi) is 2.09. The molecule has 0 saturated carbocycles. The molecule has 0 unspecified atom stereocenters. The third-order valence-electron chi connectivity index (χ3n) is 2.50. The molecule has 1 aromatic rings. The largest absolute Gasteiger partial charge is 0.372 e. The summed E-state index contributed by atoms with van der Waals surface area (Å²) in [6.45, 7) is 5.28. The van der Waals surface area contributed by atoms with E-state index in [0.717, 1.165) is 11.6 Å². The lowest BCUT2D eigenvalue weighted by Crippen LogP contribution is -2.40. The van der Waals surface area contributed by atoms with Gasteiger partial charge in [-0.05, 0) is 17.7 Å². The van der Waals surface area contributed by atoms with Crippen molar-refractivity contribution in [2.24, 2.45) is 5.41 Å². The SMILES string of the molecule is CC1(C)CO[C@@H]1c1ccc(Cl)cc1. The first-order valence-corrected chi connectivity index (χ1v) is 4.84. The summed E-state index contributed by atoms with van der Waals surface area (Å²) in [7, 11) is 0. The van der Waals surface area contributed by atoms with Gasteiger partial charge in [-0.3, -0.25) is 0 Å². The van der Waals surface area contributed by atoms with E-state index in [1.54, 1.807) is 0 Å². The smallest absolute Gasteiger partial charge is 0.0898 e. The topological polar surface area (TPSA) is 9.23 Å². The fraction of sp³-hybridized carbons (Fsp3) is 0.455. The molecule has 1 nitrogen and oxygen atoms in total. The standard InChI is InChI=1S/C11H13ClO/c1-11(2)7-13-10(11)8-3-5-9(12)6-4-8/h3-6,10H,7H2,1-2H3/t10-/m1/s1. The minimum Gasteiger partial charge on any atom is -0.372 e. The van der Waals surface area contributed by atoms with E-state index in [9.17, 15) is 0 Å². The maximum absolute atomic E-state index is 5.81. The molecule has 1 heterocycles. The van der Waals surface area contributed by atoms with Gasteiger partial charge in [-0.25, -0.2) is 0 Å². The van der Waals surface area contributed by atoms with Crippen LogP contribution in [0.15, 0.2) is 24.3 Å². The lowest BCUT2D eigenvalue weighted by molar-refractivity contribution is -0.172. The molecule has 2 heteroatoms. The highest BCUT2D eigenvalue weighted by molar-refractivity contribution is 6.30. The first kappa shape index (κ1) is 9.04. The van der Waals surface area contributed by atoms with E-state index < -0.39 is 0 Å². The van der Waals surface area contributed by atoms with Gasteiger partial charge < -0.3 is 4.74 Å². The van der Waals surface area contributed by atoms with Crippen LogP contribution in [0, 0.1) is 5.41 Å². The van der Waals surface area contributed by atoms with Crippen molar-refractivity contribution in [1.29, 1.82) is 0 Å². The van der Waals surface area contributed by atoms with Crippen molar-refractivity contribution in [3.8, 4) is 0 Å². The zero-order chi connectivity index (χ0) is 9.47. The van der Waals surface area contributed by atoms with Crippen LogP contribution < -0.4 is 0 Å². The molecule has 1 aliphatic heterocycles. The zero-order valence-electron chi connectivity index (χ0n) is 7.88. The second kappa shape index (κ2) is 3.00. The van der Waals surface area contributed by atoms with Crippen molar-refractivity contribution in [2.45, 2.75) is 20.0 Å². The monoisotopic (exact) mass is 196 g/mol. The maximum Gasteiger partial charge on any atom is 0.0898 e. The van der Waals surface area contributed by atoms with Crippen LogP contribution >= 0.6 is 11.6 Å². The average Bonchev–Trinajstić information content (AvgIpc) is 2.07. The molecular weight excluding hydrogens is 184 g/mol. The molecular formula is C11H13ClO. The van der Waals surface area contributed by atoms with Gasteiger partial charge in [0.2, 0.25) is 0 Å². The van der Waals surface area contributed by atoms with Crippen LogP contribution in [-0.2, 0) is 4.74 Å². The summed E-state index contributed by atoms with van der Waals surface area (Å²) in [6, 6.07) is 7.89.